The Kier molecular flexibility index (Phi) is 1.62. The van der Waals surface area contributed by atoms with Crippen molar-refractivity contribution < 1.29 is 0 Å². The van der Waals surface area contributed by atoms with Crippen molar-refractivity contribution in [2.75, 3.05) is 0 Å². The van der Waals surface area contributed by atoms with Gasteiger partial charge in [-0.15, -0.1) is 0 Å². The second kappa shape index (κ2) is 2.61. The number of rotatable bonds is 1. The Morgan fingerprint density at radius 2 is 1.30 bits per heavy atom. The molecule has 0 saturated heterocycles. The SMILES string of the molecule is C1=CC(C2C=CCC2)CC1. The van der Waals surface area contributed by atoms with Crippen LogP contribution in [0, 0.1) is 11.8 Å². The van der Waals surface area contributed by atoms with E-state index in [1.807, 2.05) is 0 Å². The fourth-order valence-corrected chi connectivity index (χ4v) is 2.03. The van der Waals surface area contributed by atoms with E-state index in [2.05, 4.69) is 24.3 Å². The summed E-state index contributed by atoms with van der Waals surface area (Å²) in [6.45, 7) is 0. The summed E-state index contributed by atoms with van der Waals surface area (Å²) in [4.78, 5) is 0. The molecule has 0 nitrogen and oxygen atoms in total. The lowest BCUT2D eigenvalue weighted by molar-refractivity contribution is 0.460. The number of hydrogen-bond acceptors (Lipinski definition) is 0. The van der Waals surface area contributed by atoms with Crippen LogP contribution in [0.25, 0.3) is 0 Å². The molecule has 0 heterocycles. The first-order valence-corrected chi connectivity index (χ1v) is 4.30. The maximum atomic E-state index is 2.40. The predicted octanol–water partition coefficient (Wildman–Crippen LogP) is 2.92. The van der Waals surface area contributed by atoms with Crippen molar-refractivity contribution >= 4 is 0 Å². The molecular weight excluding hydrogens is 120 g/mol. The smallest absolute Gasteiger partial charge is 0.0167 e. The summed E-state index contributed by atoms with van der Waals surface area (Å²) in [5.41, 5.74) is 0. The lowest BCUT2D eigenvalue weighted by Gasteiger charge is -2.13. The molecule has 0 bridgehead atoms. The largest absolute Gasteiger partial charge is 0.0882 e. The van der Waals surface area contributed by atoms with E-state index in [0.29, 0.717) is 0 Å². The van der Waals surface area contributed by atoms with Gasteiger partial charge in [-0.2, -0.15) is 0 Å². The van der Waals surface area contributed by atoms with Gasteiger partial charge in [0.25, 0.3) is 0 Å². The van der Waals surface area contributed by atoms with Crippen LogP contribution in [0.2, 0.25) is 0 Å². The maximum absolute atomic E-state index is 2.40. The molecule has 0 saturated carbocycles. The standard InChI is InChI=1S/C10H14/c1-2-6-9(5-1)10-7-3-4-8-10/h1,3,5,7,9-10H,2,4,6,8H2. The molecular formula is C10H14. The summed E-state index contributed by atoms with van der Waals surface area (Å²) in [6.07, 6.45) is 14.9. The third-order valence-electron chi connectivity index (χ3n) is 2.65. The van der Waals surface area contributed by atoms with Crippen LogP contribution in [-0.4, -0.2) is 0 Å². The van der Waals surface area contributed by atoms with Crippen LogP contribution in [0.3, 0.4) is 0 Å². The van der Waals surface area contributed by atoms with E-state index >= 15 is 0 Å². The monoisotopic (exact) mass is 134 g/mol. The van der Waals surface area contributed by atoms with Crippen LogP contribution in [0.5, 0.6) is 0 Å². The van der Waals surface area contributed by atoms with E-state index in [9.17, 15) is 0 Å². The topological polar surface area (TPSA) is 0 Å². The highest BCUT2D eigenvalue weighted by atomic mass is 14.2. The predicted molar refractivity (Wildman–Crippen MR) is 43.7 cm³/mol. The van der Waals surface area contributed by atoms with Crippen LogP contribution >= 0.6 is 0 Å². The average Bonchev–Trinajstić information content (AvgIpc) is 2.59. The molecule has 0 spiro atoms. The molecule has 2 aliphatic rings. The molecule has 2 rings (SSSR count). The molecule has 54 valence electrons. The van der Waals surface area contributed by atoms with Crippen molar-refractivity contribution in [2.24, 2.45) is 11.8 Å². The quantitative estimate of drug-likeness (QED) is 0.484. The Morgan fingerprint density at radius 1 is 0.800 bits per heavy atom. The van der Waals surface area contributed by atoms with Gasteiger partial charge >= 0.3 is 0 Å². The third kappa shape index (κ3) is 1.03. The highest BCUT2D eigenvalue weighted by Crippen LogP contribution is 2.32. The summed E-state index contributed by atoms with van der Waals surface area (Å²) < 4.78 is 0. The summed E-state index contributed by atoms with van der Waals surface area (Å²) >= 11 is 0. The first-order chi connectivity index (χ1) is 4.97. The maximum Gasteiger partial charge on any atom is -0.0167 e. The molecule has 0 aliphatic heterocycles. The Labute approximate surface area is 62.6 Å². The minimum absolute atomic E-state index is 0.888. The van der Waals surface area contributed by atoms with Gasteiger partial charge in [-0.05, 0) is 37.5 Å². The van der Waals surface area contributed by atoms with E-state index < -0.39 is 0 Å². The van der Waals surface area contributed by atoms with Gasteiger partial charge in [0.1, 0.15) is 0 Å². The van der Waals surface area contributed by atoms with Gasteiger partial charge in [-0.3, -0.25) is 0 Å². The summed E-state index contributed by atoms with van der Waals surface area (Å²) in [7, 11) is 0. The van der Waals surface area contributed by atoms with Crippen molar-refractivity contribution in [2.45, 2.75) is 25.7 Å². The highest BCUT2D eigenvalue weighted by molar-refractivity contribution is 5.07. The highest BCUT2D eigenvalue weighted by Gasteiger charge is 2.20. The van der Waals surface area contributed by atoms with Gasteiger partial charge in [0, 0.05) is 0 Å². The van der Waals surface area contributed by atoms with Gasteiger partial charge in [-0.1, -0.05) is 24.3 Å². The van der Waals surface area contributed by atoms with E-state index in [0.717, 1.165) is 11.8 Å². The lowest BCUT2D eigenvalue weighted by Crippen LogP contribution is -2.04. The van der Waals surface area contributed by atoms with Crippen molar-refractivity contribution in [3.63, 3.8) is 0 Å². The zero-order chi connectivity index (χ0) is 6.81. The minimum atomic E-state index is 0.888. The summed E-state index contributed by atoms with van der Waals surface area (Å²) in [5, 5.41) is 0. The van der Waals surface area contributed by atoms with Crippen LogP contribution in [-0.2, 0) is 0 Å². The Bertz CT molecular complexity index is 145. The number of hydrogen-bond donors (Lipinski definition) is 0. The first-order valence-electron chi connectivity index (χ1n) is 4.30. The van der Waals surface area contributed by atoms with Crippen molar-refractivity contribution in [3.05, 3.63) is 24.3 Å². The van der Waals surface area contributed by atoms with E-state index in [1.54, 1.807) is 0 Å². The molecule has 10 heavy (non-hydrogen) atoms. The van der Waals surface area contributed by atoms with E-state index in [4.69, 9.17) is 0 Å². The minimum Gasteiger partial charge on any atom is -0.0882 e. The molecule has 0 aromatic carbocycles. The normalized spacial score (nSPS) is 37.6. The van der Waals surface area contributed by atoms with E-state index in [-0.39, 0.29) is 0 Å². The molecule has 2 unspecified atom stereocenters. The van der Waals surface area contributed by atoms with Crippen LogP contribution < -0.4 is 0 Å². The molecule has 2 aliphatic carbocycles. The Morgan fingerprint density at radius 3 is 1.60 bits per heavy atom. The Balaban J connectivity index is 1.98. The molecule has 0 aromatic heterocycles. The fraction of sp³-hybridized carbons (Fsp3) is 0.600. The molecule has 0 N–H and O–H groups in total. The zero-order valence-electron chi connectivity index (χ0n) is 6.29. The first kappa shape index (κ1) is 6.21. The van der Waals surface area contributed by atoms with Crippen molar-refractivity contribution in [1.29, 1.82) is 0 Å². The van der Waals surface area contributed by atoms with Gasteiger partial charge in [-0.25, -0.2) is 0 Å². The fourth-order valence-electron chi connectivity index (χ4n) is 2.03. The van der Waals surface area contributed by atoms with Gasteiger partial charge in [0.05, 0.1) is 0 Å². The van der Waals surface area contributed by atoms with E-state index in [1.165, 1.54) is 25.7 Å². The number of allylic oxidation sites excluding steroid dienone is 4. The molecule has 0 fully saturated rings. The van der Waals surface area contributed by atoms with Crippen LogP contribution in [0.1, 0.15) is 25.7 Å². The molecule has 2 atom stereocenters. The van der Waals surface area contributed by atoms with Crippen LogP contribution in [0.15, 0.2) is 24.3 Å². The average molecular weight is 134 g/mol. The Hall–Kier alpha value is -0.520. The zero-order valence-corrected chi connectivity index (χ0v) is 6.29. The van der Waals surface area contributed by atoms with Gasteiger partial charge in [0.2, 0.25) is 0 Å². The van der Waals surface area contributed by atoms with Crippen LogP contribution in [0.4, 0.5) is 0 Å². The van der Waals surface area contributed by atoms with Gasteiger partial charge < -0.3 is 0 Å². The molecule has 0 aromatic rings. The molecule has 0 amide bonds. The third-order valence-corrected chi connectivity index (χ3v) is 2.65. The molecule has 0 heteroatoms. The summed E-state index contributed by atoms with van der Waals surface area (Å²) in [5.74, 6) is 1.78. The lowest BCUT2D eigenvalue weighted by atomic mass is 9.92. The van der Waals surface area contributed by atoms with Crippen molar-refractivity contribution in [3.8, 4) is 0 Å². The molecule has 0 radical (unpaired) electrons. The summed E-state index contributed by atoms with van der Waals surface area (Å²) in [6, 6.07) is 0. The second-order valence-electron chi connectivity index (χ2n) is 3.34. The van der Waals surface area contributed by atoms with Gasteiger partial charge in [0.15, 0.2) is 0 Å². The van der Waals surface area contributed by atoms with Crippen molar-refractivity contribution in [1.82, 2.24) is 0 Å². The second-order valence-corrected chi connectivity index (χ2v) is 3.34.